The molecule has 32 heavy (non-hydrogen) atoms. The summed E-state index contributed by atoms with van der Waals surface area (Å²) < 4.78 is 15.4. The SMILES string of the molecule is Cc1cc(-c2ccc3c(nc(C4COC4)n3C)c2Oc2ccccc2C#N)cn(C)c1=O. The molecule has 0 atom stereocenters. The van der Waals surface area contributed by atoms with E-state index in [4.69, 9.17) is 14.5 Å². The van der Waals surface area contributed by atoms with Gasteiger partial charge in [0.2, 0.25) is 0 Å². The Morgan fingerprint density at radius 3 is 2.66 bits per heavy atom. The van der Waals surface area contributed by atoms with Gasteiger partial charge in [0.15, 0.2) is 5.75 Å². The van der Waals surface area contributed by atoms with Gasteiger partial charge in [-0.05, 0) is 37.3 Å². The largest absolute Gasteiger partial charge is 0.453 e. The first-order valence-electron chi connectivity index (χ1n) is 10.4. The highest BCUT2D eigenvalue weighted by Crippen LogP contribution is 2.41. The summed E-state index contributed by atoms with van der Waals surface area (Å²) in [6.07, 6.45) is 1.79. The zero-order valence-electron chi connectivity index (χ0n) is 18.1. The quantitative estimate of drug-likeness (QED) is 0.492. The zero-order chi connectivity index (χ0) is 22.4. The number of rotatable bonds is 4. The van der Waals surface area contributed by atoms with Crippen LogP contribution in [0.15, 0.2) is 53.5 Å². The van der Waals surface area contributed by atoms with Crippen LogP contribution in [0.2, 0.25) is 0 Å². The van der Waals surface area contributed by atoms with Gasteiger partial charge in [0.1, 0.15) is 23.2 Å². The second kappa shape index (κ2) is 7.66. The van der Waals surface area contributed by atoms with Crippen molar-refractivity contribution < 1.29 is 9.47 Å². The van der Waals surface area contributed by atoms with E-state index in [1.54, 1.807) is 42.9 Å². The third-order valence-electron chi connectivity index (χ3n) is 5.94. The van der Waals surface area contributed by atoms with Crippen LogP contribution < -0.4 is 10.3 Å². The van der Waals surface area contributed by atoms with Crippen molar-refractivity contribution in [2.75, 3.05) is 13.2 Å². The molecule has 1 fully saturated rings. The maximum atomic E-state index is 12.3. The molecule has 0 amide bonds. The van der Waals surface area contributed by atoms with Crippen LogP contribution in [0.1, 0.15) is 22.9 Å². The Labute approximate surface area is 185 Å². The zero-order valence-corrected chi connectivity index (χ0v) is 18.1. The molecule has 1 saturated heterocycles. The van der Waals surface area contributed by atoms with Crippen molar-refractivity contribution in [2.24, 2.45) is 14.1 Å². The van der Waals surface area contributed by atoms with Crippen LogP contribution in [0.25, 0.3) is 22.2 Å². The molecule has 160 valence electrons. The molecule has 1 aliphatic heterocycles. The second-order valence-electron chi connectivity index (χ2n) is 8.11. The molecule has 4 aromatic rings. The normalized spacial score (nSPS) is 13.7. The predicted octanol–water partition coefficient (Wildman–Crippen LogP) is 4.03. The summed E-state index contributed by atoms with van der Waals surface area (Å²) in [6.45, 7) is 3.10. The summed E-state index contributed by atoms with van der Waals surface area (Å²) in [4.78, 5) is 17.2. The maximum Gasteiger partial charge on any atom is 0.253 e. The number of para-hydroxylation sites is 1. The Bertz CT molecular complexity index is 1430. The first kappa shape index (κ1) is 20.0. The van der Waals surface area contributed by atoms with Crippen LogP contribution in [0.3, 0.4) is 0 Å². The predicted molar refractivity (Wildman–Crippen MR) is 121 cm³/mol. The van der Waals surface area contributed by atoms with Gasteiger partial charge in [0, 0.05) is 37.0 Å². The standard InChI is InChI=1S/C25H22N4O3/c1-15-10-17(12-28(2)25(15)30)19-8-9-20-22(27-24(29(20)3)18-13-31-14-18)23(19)32-21-7-5-4-6-16(21)11-26/h4-10,12,18H,13-14H2,1-3H3. The Morgan fingerprint density at radius 2 is 1.97 bits per heavy atom. The minimum atomic E-state index is -0.0442. The van der Waals surface area contributed by atoms with E-state index >= 15 is 0 Å². The van der Waals surface area contributed by atoms with Crippen molar-refractivity contribution in [1.82, 2.24) is 14.1 Å². The molecule has 0 bridgehead atoms. The Hall–Kier alpha value is -3.89. The summed E-state index contributed by atoms with van der Waals surface area (Å²) in [5.74, 6) is 2.21. The molecule has 0 aliphatic carbocycles. The smallest absolute Gasteiger partial charge is 0.253 e. The first-order valence-corrected chi connectivity index (χ1v) is 10.4. The molecule has 0 radical (unpaired) electrons. The highest BCUT2D eigenvalue weighted by atomic mass is 16.5. The number of fused-ring (bicyclic) bond motifs is 1. The number of imidazole rings is 1. The summed E-state index contributed by atoms with van der Waals surface area (Å²) in [6, 6.07) is 15.2. The first-order chi connectivity index (χ1) is 15.5. The molecular formula is C25H22N4O3. The van der Waals surface area contributed by atoms with Crippen molar-refractivity contribution in [3.8, 4) is 28.7 Å². The molecule has 1 aliphatic rings. The number of pyridine rings is 1. The van der Waals surface area contributed by atoms with Crippen LogP contribution in [0.5, 0.6) is 11.5 Å². The van der Waals surface area contributed by atoms with E-state index in [1.165, 1.54) is 0 Å². The molecule has 5 rings (SSSR count). The second-order valence-corrected chi connectivity index (χ2v) is 8.11. The van der Waals surface area contributed by atoms with Gasteiger partial charge in [-0.2, -0.15) is 5.26 Å². The summed E-state index contributed by atoms with van der Waals surface area (Å²) in [5, 5.41) is 9.56. The lowest BCUT2D eigenvalue weighted by Gasteiger charge is -2.25. The van der Waals surface area contributed by atoms with Gasteiger partial charge >= 0.3 is 0 Å². The molecule has 0 spiro atoms. The highest BCUT2D eigenvalue weighted by molar-refractivity contribution is 5.91. The number of ether oxygens (including phenoxy) is 2. The van der Waals surface area contributed by atoms with Crippen molar-refractivity contribution in [1.29, 1.82) is 5.26 Å². The highest BCUT2D eigenvalue weighted by Gasteiger charge is 2.28. The van der Waals surface area contributed by atoms with E-state index in [-0.39, 0.29) is 11.5 Å². The van der Waals surface area contributed by atoms with E-state index in [1.807, 2.05) is 31.3 Å². The van der Waals surface area contributed by atoms with E-state index in [0.29, 0.717) is 41.4 Å². The number of benzene rings is 2. The lowest BCUT2D eigenvalue weighted by Crippen LogP contribution is -2.27. The summed E-state index contributed by atoms with van der Waals surface area (Å²) >= 11 is 0. The molecule has 0 N–H and O–H groups in total. The fourth-order valence-electron chi connectivity index (χ4n) is 4.12. The van der Waals surface area contributed by atoms with E-state index in [9.17, 15) is 10.1 Å². The summed E-state index contributed by atoms with van der Waals surface area (Å²) in [7, 11) is 3.73. The Morgan fingerprint density at radius 1 is 1.19 bits per heavy atom. The molecule has 2 aromatic heterocycles. The number of hydrogen-bond acceptors (Lipinski definition) is 5. The fourth-order valence-corrected chi connectivity index (χ4v) is 4.12. The summed E-state index contributed by atoms with van der Waals surface area (Å²) in [5.41, 5.74) is 4.33. The topological polar surface area (TPSA) is 82.1 Å². The fraction of sp³-hybridized carbons (Fsp3) is 0.240. The number of aromatic nitrogens is 3. The maximum absolute atomic E-state index is 12.3. The lowest BCUT2D eigenvalue weighted by molar-refractivity contribution is 0.00400. The molecule has 0 saturated carbocycles. The van der Waals surface area contributed by atoms with Gasteiger partial charge in [0.05, 0.1) is 30.2 Å². The molecular weight excluding hydrogens is 404 g/mol. The van der Waals surface area contributed by atoms with Gasteiger partial charge in [-0.1, -0.05) is 12.1 Å². The molecule has 3 heterocycles. The van der Waals surface area contributed by atoms with Crippen LogP contribution in [0.4, 0.5) is 0 Å². The third kappa shape index (κ3) is 3.17. The van der Waals surface area contributed by atoms with Gasteiger partial charge in [-0.15, -0.1) is 0 Å². The van der Waals surface area contributed by atoms with E-state index in [0.717, 1.165) is 22.5 Å². The van der Waals surface area contributed by atoms with Gasteiger partial charge < -0.3 is 18.6 Å². The number of aryl methyl sites for hydroxylation is 3. The average molecular weight is 426 g/mol. The van der Waals surface area contributed by atoms with Gasteiger partial charge in [-0.3, -0.25) is 4.79 Å². The Kier molecular flexibility index (Phi) is 4.80. The number of nitrogens with zero attached hydrogens (tertiary/aromatic N) is 4. The van der Waals surface area contributed by atoms with Gasteiger partial charge in [0.25, 0.3) is 5.56 Å². The van der Waals surface area contributed by atoms with Crippen LogP contribution in [-0.2, 0) is 18.8 Å². The minimum Gasteiger partial charge on any atom is -0.453 e. The molecule has 7 nitrogen and oxygen atoms in total. The molecule has 0 unspecified atom stereocenters. The lowest BCUT2D eigenvalue weighted by atomic mass is 10.0. The third-order valence-corrected chi connectivity index (χ3v) is 5.94. The van der Waals surface area contributed by atoms with Crippen LogP contribution in [0, 0.1) is 18.3 Å². The van der Waals surface area contributed by atoms with Gasteiger partial charge in [-0.25, -0.2) is 4.98 Å². The van der Waals surface area contributed by atoms with Crippen molar-refractivity contribution in [2.45, 2.75) is 12.8 Å². The van der Waals surface area contributed by atoms with Crippen LogP contribution in [-0.4, -0.2) is 27.3 Å². The number of hydrogen-bond donors (Lipinski definition) is 0. The molecule has 2 aromatic carbocycles. The number of nitriles is 1. The van der Waals surface area contributed by atoms with E-state index in [2.05, 4.69) is 10.6 Å². The minimum absolute atomic E-state index is 0.0442. The monoisotopic (exact) mass is 426 g/mol. The average Bonchev–Trinajstić information content (AvgIpc) is 3.07. The van der Waals surface area contributed by atoms with E-state index < -0.39 is 0 Å². The Balaban J connectivity index is 1.77. The van der Waals surface area contributed by atoms with Crippen LogP contribution >= 0.6 is 0 Å². The van der Waals surface area contributed by atoms with Crippen molar-refractivity contribution in [3.63, 3.8) is 0 Å². The molecule has 7 heteroatoms. The van der Waals surface area contributed by atoms with Crippen molar-refractivity contribution >= 4 is 11.0 Å². The van der Waals surface area contributed by atoms with Crippen molar-refractivity contribution in [3.05, 3.63) is 76.0 Å².